The van der Waals surface area contributed by atoms with Gasteiger partial charge >= 0.3 is 0 Å². The first-order valence-corrected chi connectivity index (χ1v) is 6.85. The first kappa shape index (κ1) is 10.2. The van der Waals surface area contributed by atoms with E-state index in [0.29, 0.717) is 16.2 Å². The zero-order valence-electron chi connectivity index (χ0n) is 11.2. The zero-order valence-corrected chi connectivity index (χ0v) is 11.2. The van der Waals surface area contributed by atoms with Gasteiger partial charge in [-0.15, -0.1) is 0 Å². The standard InChI is InChI=1S/C15H26/c1-7-12-13(4)8-11-9(2)14(12,5)15(13,6)10(11)3/h9-12H,7-8H2,1-6H3. The molecule has 3 rings (SSSR count). The monoisotopic (exact) mass is 206 g/mol. The number of fused-ring (bicyclic) bond motifs is 1. The van der Waals surface area contributed by atoms with Crippen LogP contribution in [0.15, 0.2) is 0 Å². The molecule has 0 nitrogen and oxygen atoms in total. The fourth-order valence-electron chi connectivity index (χ4n) is 7.10. The van der Waals surface area contributed by atoms with Crippen molar-refractivity contribution in [1.82, 2.24) is 0 Å². The molecule has 0 saturated heterocycles. The van der Waals surface area contributed by atoms with Gasteiger partial charge in [-0.3, -0.25) is 0 Å². The molecule has 3 aliphatic carbocycles. The van der Waals surface area contributed by atoms with E-state index in [1.807, 2.05) is 0 Å². The van der Waals surface area contributed by atoms with Crippen LogP contribution in [0.2, 0.25) is 0 Å². The van der Waals surface area contributed by atoms with Crippen LogP contribution in [-0.2, 0) is 0 Å². The molecule has 2 bridgehead atoms. The van der Waals surface area contributed by atoms with Crippen molar-refractivity contribution < 1.29 is 0 Å². The molecule has 86 valence electrons. The van der Waals surface area contributed by atoms with E-state index in [0.717, 1.165) is 23.7 Å². The third-order valence-electron chi connectivity index (χ3n) is 8.01. The van der Waals surface area contributed by atoms with Crippen molar-refractivity contribution in [2.75, 3.05) is 0 Å². The Morgan fingerprint density at radius 2 is 1.67 bits per heavy atom. The Hall–Kier alpha value is 0. The molecule has 0 radical (unpaired) electrons. The van der Waals surface area contributed by atoms with E-state index in [4.69, 9.17) is 0 Å². The van der Waals surface area contributed by atoms with Gasteiger partial charge in [0.2, 0.25) is 0 Å². The van der Waals surface area contributed by atoms with Gasteiger partial charge in [-0.05, 0) is 46.3 Å². The summed E-state index contributed by atoms with van der Waals surface area (Å²) in [6.45, 7) is 15.3. The summed E-state index contributed by atoms with van der Waals surface area (Å²) in [4.78, 5) is 0. The van der Waals surface area contributed by atoms with Crippen molar-refractivity contribution in [2.24, 2.45) is 39.9 Å². The van der Waals surface area contributed by atoms with Gasteiger partial charge in [0.15, 0.2) is 0 Å². The van der Waals surface area contributed by atoms with Crippen LogP contribution in [0.4, 0.5) is 0 Å². The molecule has 0 aromatic heterocycles. The summed E-state index contributed by atoms with van der Waals surface area (Å²) in [6, 6.07) is 0. The molecule has 0 amide bonds. The molecule has 0 heterocycles. The van der Waals surface area contributed by atoms with E-state index >= 15 is 0 Å². The van der Waals surface area contributed by atoms with Crippen LogP contribution in [0.25, 0.3) is 0 Å². The van der Waals surface area contributed by atoms with Crippen LogP contribution in [0.5, 0.6) is 0 Å². The maximum absolute atomic E-state index is 2.60. The second-order valence-corrected chi connectivity index (χ2v) is 7.31. The average Bonchev–Trinajstić information content (AvgIpc) is 2.43. The Labute approximate surface area is 94.8 Å². The number of hydrogen-bond donors (Lipinski definition) is 0. The quantitative estimate of drug-likeness (QED) is 0.598. The van der Waals surface area contributed by atoms with Crippen molar-refractivity contribution >= 4 is 0 Å². The Balaban J connectivity index is 2.16. The van der Waals surface area contributed by atoms with Gasteiger partial charge < -0.3 is 0 Å². The molecule has 3 saturated carbocycles. The summed E-state index contributed by atoms with van der Waals surface area (Å²) in [6.07, 6.45) is 2.91. The zero-order chi connectivity index (χ0) is 11.2. The van der Waals surface area contributed by atoms with Crippen molar-refractivity contribution in [2.45, 2.75) is 54.4 Å². The van der Waals surface area contributed by atoms with Crippen molar-refractivity contribution in [3.05, 3.63) is 0 Å². The fourth-order valence-corrected chi connectivity index (χ4v) is 7.10. The first-order chi connectivity index (χ1) is 6.85. The minimum Gasteiger partial charge on any atom is -0.0651 e. The van der Waals surface area contributed by atoms with Crippen LogP contribution < -0.4 is 0 Å². The molecule has 3 aliphatic rings. The third kappa shape index (κ3) is 0.620. The Morgan fingerprint density at radius 3 is 2.13 bits per heavy atom. The molecule has 0 aromatic rings. The van der Waals surface area contributed by atoms with E-state index < -0.39 is 0 Å². The second-order valence-electron chi connectivity index (χ2n) is 7.31. The lowest BCUT2D eigenvalue weighted by Crippen LogP contribution is -2.69. The molecule has 3 fully saturated rings. The molecule has 0 heteroatoms. The summed E-state index contributed by atoms with van der Waals surface area (Å²) >= 11 is 0. The maximum Gasteiger partial charge on any atom is -0.0181 e. The lowest BCUT2D eigenvalue weighted by Gasteiger charge is -2.75. The van der Waals surface area contributed by atoms with E-state index in [-0.39, 0.29) is 0 Å². The Bertz CT molecular complexity index is 320. The summed E-state index contributed by atoms with van der Waals surface area (Å²) in [7, 11) is 0. The van der Waals surface area contributed by atoms with E-state index in [9.17, 15) is 0 Å². The second kappa shape index (κ2) is 2.31. The highest BCUT2D eigenvalue weighted by molar-refractivity contribution is 5.32. The molecule has 0 spiro atoms. The van der Waals surface area contributed by atoms with Crippen LogP contribution in [-0.4, -0.2) is 0 Å². The first-order valence-electron chi connectivity index (χ1n) is 6.85. The van der Waals surface area contributed by atoms with Crippen molar-refractivity contribution in [1.29, 1.82) is 0 Å². The lowest BCUT2D eigenvalue weighted by atomic mass is 9.29. The normalized spacial score (nSPS) is 70.8. The topological polar surface area (TPSA) is 0 Å². The van der Waals surface area contributed by atoms with Crippen molar-refractivity contribution in [3.8, 4) is 0 Å². The molecule has 7 atom stereocenters. The van der Waals surface area contributed by atoms with Crippen molar-refractivity contribution in [3.63, 3.8) is 0 Å². The van der Waals surface area contributed by atoms with Crippen LogP contribution in [0, 0.1) is 39.9 Å². The largest absolute Gasteiger partial charge is 0.0651 e. The van der Waals surface area contributed by atoms with Crippen LogP contribution in [0.3, 0.4) is 0 Å². The van der Waals surface area contributed by atoms with Crippen LogP contribution in [0.1, 0.15) is 54.4 Å². The van der Waals surface area contributed by atoms with Gasteiger partial charge in [0.05, 0.1) is 0 Å². The van der Waals surface area contributed by atoms with Gasteiger partial charge in [0.1, 0.15) is 0 Å². The Morgan fingerprint density at radius 1 is 1.07 bits per heavy atom. The number of hydrogen-bond acceptors (Lipinski definition) is 0. The van der Waals surface area contributed by atoms with Crippen LogP contribution >= 0.6 is 0 Å². The van der Waals surface area contributed by atoms with Gasteiger partial charge in [0, 0.05) is 0 Å². The summed E-state index contributed by atoms with van der Waals surface area (Å²) < 4.78 is 0. The smallest absolute Gasteiger partial charge is 0.0181 e. The lowest BCUT2D eigenvalue weighted by molar-refractivity contribution is -0.273. The highest BCUT2D eigenvalue weighted by Crippen LogP contribution is 2.89. The minimum absolute atomic E-state index is 0.644. The highest BCUT2D eigenvalue weighted by Gasteiger charge is 2.84. The highest BCUT2D eigenvalue weighted by atomic mass is 14.9. The molecule has 0 aromatic carbocycles. The maximum atomic E-state index is 2.60. The third-order valence-corrected chi connectivity index (χ3v) is 8.01. The fraction of sp³-hybridized carbons (Fsp3) is 1.00. The van der Waals surface area contributed by atoms with E-state index in [1.165, 1.54) is 12.8 Å². The summed E-state index contributed by atoms with van der Waals surface area (Å²) in [5.74, 6) is 3.94. The Kier molecular flexibility index (Phi) is 1.57. The predicted octanol–water partition coefficient (Wildman–Crippen LogP) is 4.35. The summed E-state index contributed by atoms with van der Waals surface area (Å²) in [5.41, 5.74) is 1.97. The number of rotatable bonds is 1. The van der Waals surface area contributed by atoms with Gasteiger partial charge in [-0.1, -0.05) is 48.0 Å². The molecular formula is C15H26. The molecule has 0 N–H and O–H groups in total. The van der Waals surface area contributed by atoms with E-state index in [1.54, 1.807) is 0 Å². The van der Waals surface area contributed by atoms with Gasteiger partial charge in [-0.2, -0.15) is 0 Å². The predicted molar refractivity (Wildman–Crippen MR) is 64.5 cm³/mol. The summed E-state index contributed by atoms with van der Waals surface area (Å²) in [5, 5.41) is 0. The minimum atomic E-state index is 0.644. The molecule has 7 unspecified atom stereocenters. The van der Waals surface area contributed by atoms with Gasteiger partial charge in [0.25, 0.3) is 0 Å². The average molecular weight is 206 g/mol. The SMILES string of the molecule is CCC1C2(C)CC3C(C)C1(C)C2(C)C3C. The molecule has 0 aliphatic heterocycles. The molecular weight excluding hydrogens is 180 g/mol. The van der Waals surface area contributed by atoms with Gasteiger partial charge in [-0.25, -0.2) is 0 Å². The van der Waals surface area contributed by atoms with E-state index in [2.05, 4.69) is 41.5 Å². The molecule has 15 heavy (non-hydrogen) atoms.